The van der Waals surface area contributed by atoms with Crippen molar-refractivity contribution in [3.8, 4) is 0 Å². The highest BCUT2D eigenvalue weighted by atomic mass is 35.5. The number of rotatable bonds is 17. The molecule has 244 valence electrons. The van der Waals surface area contributed by atoms with Gasteiger partial charge in [0.2, 0.25) is 0 Å². The molecule has 1 unspecified atom stereocenters. The molecule has 1 aromatic rings. The Kier molecular flexibility index (Phi) is 14.3. The number of likely N-dealkylation sites (tertiary alicyclic amines) is 1. The van der Waals surface area contributed by atoms with Crippen molar-refractivity contribution in [2.45, 2.75) is 147 Å². The molecular formula is C34H55ClN2O6. The van der Waals surface area contributed by atoms with E-state index >= 15 is 0 Å². The fourth-order valence-corrected chi connectivity index (χ4v) is 6.54. The van der Waals surface area contributed by atoms with Crippen LogP contribution in [0.15, 0.2) is 24.3 Å². The predicted molar refractivity (Wildman–Crippen MR) is 171 cm³/mol. The van der Waals surface area contributed by atoms with Crippen LogP contribution in [0, 0.1) is 0 Å². The Hall–Kier alpha value is -1.42. The normalized spacial score (nSPS) is 26.1. The van der Waals surface area contributed by atoms with Crippen LogP contribution in [0.2, 0.25) is 5.02 Å². The number of nitrogens with zero attached hydrogens (tertiary/aromatic N) is 1. The standard InChI is InChI=1S/C34H55ClN2O6/c1-4-5-6-7-8-9-10-11-14-17-24-39-32-31-30(42-34(2,3)43-31)29(41-32)28(25-37-22-15-12-13-16-23-37)40-33(38)36-27-20-18-26(35)19-21-27/h18-21,28-32H,4-17,22-25H2,1-3H3,(H,36,38)/t28?,29-,30+,31+,32+/m1/s1. The number of amides is 1. The number of anilines is 1. The van der Waals surface area contributed by atoms with Gasteiger partial charge in [0.15, 0.2) is 12.1 Å². The van der Waals surface area contributed by atoms with Gasteiger partial charge in [-0.3, -0.25) is 10.2 Å². The lowest BCUT2D eigenvalue weighted by Crippen LogP contribution is -2.48. The maximum atomic E-state index is 13.1. The summed E-state index contributed by atoms with van der Waals surface area (Å²) in [5, 5.41) is 3.44. The average Bonchev–Trinajstić information content (AvgIpc) is 3.32. The van der Waals surface area contributed by atoms with Crippen LogP contribution in [-0.2, 0) is 23.7 Å². The van der Waals surface area contributed by atoms with Crippen LogP contribution in [0.5, 0.6) is 0 Å². The van der Waals surface area contributed by atoms with Gasteiger partial charge in [-0.15, -0.1) is 0 Å². The number of nitrogens with one attached hydrogen (secondary N) is 1. The van der Waals surface area contributed by atoms with Crippen molar-refractivity contribution in [2.24, 2.45) is 0 Å². The second kappa shape index (κ2) is 17.9. The quantitative estimate of drug-likeness (QED) is 0.175. The van der Waals surface area contributed by atoms with E-state index in [9.17, 15) is 4.79 Å². The Balaban J connectivity index is 1.33. The average molecular weight is 623 g/mol. The van der Waals surface area contributed by atoms with Gasteiger partial charge in [-0.05, 0) is 70.5 Å². The van der Waals surface area contributed by atoms with E-state index in [2.05, 4.69) is 17.1 Å². The van der Waals surface area contributed by atoms with Gasteiger partial charge in [-0.1, -0.05) is 89.2 Å². The molecule has 0 aromatic heterocycles. The first-order valence-electron chi connectivity index (χ1n) is 16.9. The van der Waals surface area contributed by atoms with Gasteiger partial charge in [-0.25, -0.2) is 4.79 Å². The first kappa shape index (κ1) is 34.5. The minimum atomic E-state index is -0.769. The third-order valence-electron chi connectivity index (χ3n) is 8.68. The molecule has 0 radical (unpaired) electrons. The molecule has 3 heterocycles. The van der Waals surface area contributed by atoms with Crippen molar-refractivity contribution in [2.75, 3.05) is 31.6 Å². The summed E-state index contributed by atoms with van der Waals surface area (Å²) in [6, 6.07) is 6.98. The smallest absolute Gasteiger partial charge is 0.412 e. The van der Waals surface area contributed by atoms with Crippen LogP contribution in [-0.4, -0.2) is 73.7 Å². The first-order valence-corrected chi connectivity index (χ1v) is 17.3. The highest BCUT2D eigenvalue weighted by molar-refractivity contribution is 6.30. The third-order valence-corrected chi connectivity index (χ3v) is 8.93. The summed E-state index contributed by atoms with van der Waals surface area (Å²) in [6.07, 6.45) is 14.5. The van der Waals surface area contributed by atoms with Crippen molar-refractivity contribution in [1.82, 2.24) is 4.90 Å². The predicted octanol–water partition coefficient (Wildman–Crippen LogP) is 8.32. The van der Waals surface area contributed by atoms with E-state index in [1.807, 2.05) is 13.8 Å². The third kappa shape index (κ3) is 11.5. The molecule has 3 aliphatic heterocycles. The molecule has 0 saturated carbocycles. The lowest BCUT2D eigenvalue weighted by Gasteiger charge is -2.32. The van der Waals surface area contributed by atoms with Crippen LogP contribution in [0.3, 0.4) is 0 Å². The van der Waals surface area contributed by atoms with E-state index in [1.165, 1.54) is 64.2 Å². The summed E-state index contributed by atoms with van der Waals surface area (Å²) in [4.78, 5) is 15.5. The first-order chi connectivity index (χ1) is 20.8. The Morgan fingerprint density at radius 3 is 2.19 bits per heavy atom. The monoisotopic (exact) mass is 622 g/mol. The molecule has 0 aliphatic carbocycles. The lowest BCUT2D eigenvalue weighted by molar-refractivity contribution is -0.243. The van der Waals surface area contributed by atoms with Gasteiger partial charge in [0, 0.05) is 23.9 Å². The van der Waals surface area contributed by atoms with Crippen LogP contribution in [0.4, 0.5) is 10.5 Å². The molecule has 43 heavy (non-hydrogen) atoms. The van der Waals surface area contributed by atoms with E-state index in [4.69, 9.17) is 35.3 Å². The van der Waals surface area contributed by atoms with E-state index in [1.54, 1.807) is 24.3 Å². The zero-order valence-electron chi connectivity index (χ0n) is 26.7. The molecule has 9 heteroatoms. The number of halogens is 1. The molecule has 0 spiro atoms. The molecule has 3 saturated heterocycles. The van der Waals surface area contributed by atoms with Crippen molar-refractivity contribution in [3.63, 3.8) is 0 Å². The van der Waals surface area contributed by atoms with Gasteiger partial charge in [-0.2, -0.15) is 0 Å². The zero-order valence-corrected chi connectivity index (χ0v) is 27.5. The van der Waals surface area contributed by atoms with Crippen molar-refractivity contribution < 1.29 is 28.5 Å². The number of hydrogen-bond donors (Lipinski definition) is 1. The second-order valence-electron chi connectivity index (χ2n) is 12.9. The molecule has 8 nitrogen and oxygen atoms in total. The van der Waals surface area contributed by atoms with E-state index in [0.717, 1.165) is 38.8 Å². The number of carbonyl (C=O) groups is 1. The van der Waals surface area contributed by atoms with Crippen molar-refractivity contribution in [1.29, 1.82) is 0 Å². The van der Waals surface area contributed by atoms with Gasteiger partial charge in [0.25, 0.3) is 0 Å². The maximum Gasteiger partial charge on any atom is 0.412 e. The number of hydrogen-bond acceptors (Lipinski definition) is 7. The molecule has 3 fully saturated rings. The van der Waals surface area contributed by atoms with Gasteiger partial charge in [0.1, 0.15) is 24.4 Å². The summed E-state index contributed by atoms with van der Waals surface area (Å²) in [6.45, 7) is 9.21. The molecule has 3 aliphatic rings. The molecule has 1 amide bonds. The summed E-state index contributed by atoms with van der Waals surface area (Å²) in [7, 11) is 0. The summed E-state index contributed by atoms with van der Waals surface area (Å²) in [5.41, 5.74) is 0.618. The summed E-state index contributed by atoms with van der Waals surface area (Å²) in [5.74, 6) is -0.769. The van der Waals surface area contributed by atoms with Crippen molar-refractivity contribution in [3.05, 3.63) is 29.3 Å². The minimum Gasteiger partial charge on any atom is -0.442 e. The molecular weight excluding hydrogens is 568 g/mol. The Morgan fingerprint density at radius 1 is 0.930 bits per heavy atom. The topological polar surface area (TPSA) is 78.5 Å². The van der Waals surface area contributed by atoms with Crippen molar-refractivity contribution >= 4 is 23.4 Å². The van der Waals surface area contributed by atoms with Crippen LogP contribution in [0.25, 0.3) is 0 Å². The molecule has 4 rings (SSSR count). The fraction of sp³-hybridized carbons (Fsp3) is 0.794. The van der Waals surface area contributed by atoms with Gasteiger partial charge in [0.05, 0.1) is 0 Å². The largest absolute Gasteiger partial charge is 0.442 e. The number of ether oxygens (including phenoxy) is 5. The van der Waals surface area contributed by atoms with E-state index in [-0.39, 0.29) is 6.10 Å². The Morgan fingerprint density at radius 2 is 1.53 bits per heavy atom. The maximum absolute atomic E-state index is 13.1. The Bertz CT molecular complexity index is 939. The second-order valence-corrected chi connectivity index (χ2v) is 13.3. The minimum absolute atomic E-state index is 0.377. The van der Waals surface area contributed by atoms with Crippen LogP contribution < -0.4 is 5.32 Å². The molecule has 1 N–H and O–H groups in total. The SMILES string of the molecule is CCCCCCCCCCCCO[C@H]1O[C@H](C(CN2CCCCCC2)OC(=O)Nc2ccc(Cl)cc2)[C@@H]2OC(C)(C)O[C@H]12. The number of unbranched alkanes of at least 4 members (excludes halogenated alkanes) is 9. The Labute approximate surface area is 264 Å². The highest BCUT2D eigenvalue weighted by Crippen LogP contribution is 2.41. The fourth-order valence-electron chi connectivity index (χ4n) is 6.41. The summed E-state index contributed by atoms with van der Waals surface area (Å²) < 4.78 is 31.5. The molecule has 1 aromatic carbocycles. The van der Waals surface area contributed by atoms with Gasteiger partial charge < -0.3 is 23.7 Å². The number of carbonyl (C=O) groups excluding carboxylic acids is 1. The lowest BCUT2D eigenvalue weighted by atomic mass is 10.0. The van der Waals surface area contributed by atoms with E-state index < -0.39 is 36.5 Å². The van der Waals surface area contributed by atoms with Crippen LogP contribution >= 0.6 is 11.6 Å². The van der Waals surface area contributed by atoms with Crippen LogP contribution in [0.1, 0.15) is 111 Å². The zero-order chi connectivity index (χ0) is 30.5. The number of benzene rings is 1. The number of fused-ring (bicyclic) bond motifs is 1. The molecule has 0 bridgehead atoms. The van der Waals surface area contributed by atoms with E-state index in [0.29, 0.717) is 23.9 Å². The highest BCUT2D eigenvalue weighted by Gasteiger charge is 2.58. The van der Waals surface area contributed by atoms with Gasteiger partial charge >= 0.3 is 6.09 Å². The summed E-state index contributed by atoms with van der Waals surface area (Å²) >= 11 is 6.02. The molecule has 5 atom stereocenters.